The maximum absolute atomic E-state index is 13.3. The molecule has 0 aromatic carbocycles. The van der Waals surface area contributed by atoms with Crippen LogP contribution in [0.5, 0.6) is 0 Å². The topological polar surface area (TPSA) is 45.2 Å². The summed E-state index contributed by atoms with van der Waals surface area (Å²) in [5, 5.41) is 3.46. The maximum atomic E-state index is 13.3. The third-order valence-corrected chi connectivity index (χ3v) is 5.08. The number of carbonyl (C=O) groups excluding carboxylic acids is 1. The molecule has 2 heterocycles. The van der Waals surface area contributed by atoms with Crippen molar-refractivity contribution < 1.29 is 4.79 Å². The number of hydrogen-bond donors (Lipinski definition) is 1. The van der Waals surface area contributed by atoms with Crippen LogP contribution in [0.1, 0.15) is 64.5 Å². The summed E-state index contributed by atoms with van der Waals surface area (Å²) in [6, 6.07) is 6.31. The van der Waals surface area contributed by atoms with Crippen molar-refractivity contribution >= 4 is 18.3 Å². The van der Waals surface area contributed by atoms with E-state index < -0.39 is 0 Å². The number of halogens is 1. The number of rotatable bonds is 8. The van der Waals surface area contributed by atoms with E-state index in [9.17, 15) is 4.79 Å². The molecule has 1 aliphatic rings. The van der Waals surface area contributed by atoms with Gasteiger partial charge in [-0.1, -0.05) is 32.8 Å². The lowest BCUT2D eigenvalue weighted by Gasteiger charge is -2.34. The van der Waals surface area contributed by atoms with E-state index >= 15 is 0 Å². The number of nitrogens with zero attached hydrogens (tertiary/aromatic N) is 2. The molecule has 1 saturated heterocycles. The fourth-order valence-corrected chi connectivity index (χ4v) is 3.55. The van der Waals surface area contributed by atoms with Gasteiger partial charge in [-0.2, -0.15) is 0 Å². The third kappa shape index (κ3) is 6.95. The van der Waals surface area contributed by atoms with Crippen molar-refractivity contribution in [3.63, 3.8) is 0 Å². The van der Waals surface area contributed by atoms with Crippen LogP contribution in [0.2, 0.25) is 0 Å². The fraction of sp³-hybridized carbons (Fsp3) is 0.700. The van der Waals surface area contributed by atoms with Gasteiger partial charge < -0.3 is 10.2 Å². The van der Waals surface area contributed by atoms with Gasteiger partial charge in [0.25, 0.3) is 0 Å². The molecule has 25 heavy (non-hydrogen) atoms. The van der Waals surface area contributed by atoms with Crippen molar-refractivity contribution in [3.05, 3.63) is 30.1 Å². The van der Waals surface area contributed by atoms with Crippen LogP contribution in [0, 0.1) is 5.92 Å². The van der Waals surface area contributed by atoms with E-state index in [1.54, 1.807) is 0 Å². The Morgan fingerprint density at radius 1 is 1.32 bits per heavy atom. The second kappa shape index (κ2) is 12.3. The Bertz CT molecular complexity index is 475. The van der Waals surface area contributed by atoms with Crippen molar-refractivity contribution in [1.82, 2.24) is 15.2 Å². The molecule has 0 bridgehead atoms. The van der Waals surface area contributed by atoms with E-state index in [2.05, 4.69) is 29.0 Å². The zero-order valence-electron chi connectivity index (χ0n) is 15.7. The zero-order chi connectivity index (χ0) is 17.2. The van der Waals surface area contributed by atoms with Crippen LogP contribution >= 0.6 is 12.4 Å². The minimum absolute atomic E-state index is 0. The van der Waals surface area contributed by atoms with Gasteiger partial charge in [-0.25, -0.2) is 0 Å². The molecule has 1 fully saturated rings. The number of unbranched alkanes of at least 4 members (excludes halogenated alkanes) is 1. The monoisotopic (exact) mass is 367 g/mol. The molecule has 1 N–H and O–H groups in total. The number of nitrogens with one attached hydrogen (secondary N) is 1. The summed E-state index contributed by atoms with van der Waals surface area (Å²) in [7, 11) is 0. The number of hydrogen-bond acceptors (Lipinski definition) is 3. The molecular formula is C20H34ClN3O. The highest BCUT2D eigenvalue weighted by atomic mass is 35.5. The Morgan fingerprint density at radius 3 is 2.84 bits per heavy atom. The normalized spacial score (nSPS) is 18.7. The lowest BCUT2D eigenvalue weighted by molar-refractivity contribution is -0.139. The first-order chi connectivity index (χ1) is 11.8. The summed E-state index contributed by atoms with van der Waals surface area (Å²) in [4.78, 5) is 19.9. The van der Waals surface area contributed by atoms with Crippen LogP contribution in [0.15, 0.2) is 24.4 Å². The molecule has 1 amide bonds. The van der Waals surface area contributed by atoms with Gasteiger partial charge >= 0.3 is 0 Å². The van der Waals surface area contributed by atoms with Crippen LogP contribution in [0.25, 0.3) is 0 Å². The fourth-order valence-electron chi connectivity index (χ4n) is 3.55. The van der Waals surface area contributed by atoms with Crippen LogP contribution in [0.3, 0.4) is 0 Å². The lowest BCUT2D eigenvalue weighted by Crippen LogP contribution is -2.43. The highest BCUT2D eigenvalue weighted by Crippen LogP contribution is 2.23. The molecule has 1 aliphatic heterocycles. The van der Waals surface area contributed by atoms with Crippen LogP contribution in [0.4, 0.5) is 0 Å². The molecule has 4 nitrogen and oxygen atoms in total. The summed E-state index contributed by atoms with van der Waals surface area (Å²) in [6.45, 7) is 7.05. The quantitative estimate of drug-likeness (QED) is 0.749. The predicted molar refractivity (Wildman–Crippen MR) is 106 cm³/mol. The molecular weight excluding hydrogens is 334 g/mol. The molecule has 1 aromatic rings. The predicted octanol–water partition coefficient (Wildman–Crippen LogP) is 4.19. The Kier molecular flexibility index (Phi) is 10.7. The van der Waals surface area contributed by atoms with E-state index in [-0.39, 0.29) is 18.3 Å². The van der Waals surface area contributed by atoms with Gasteiger partial charge in [-0.3, -0.25) is 9.78 Å². The Morgan fingerprint density at radius 2 is 2.16 bits per heavy atom. The molecule has 2 rings (SSSR count). The van der Waals surface area contributed by atoms with Gasteiger partial charge in [0.1, 0.15) is 0 Å². The summed E-state index contributed by atoms with van der Waals surface area (Å²) in [5.74, 6) is 0.494. The first kappa shape index (κ1) is 21.9. The minimum atomic E-state index is 0. The molecule has 0 aliphatic carbocycles. The SMILES string of the molecule is CCCCC(CC)C(=O)N(Cc1ccccn1)C1CCCNCC1.Cl. The molecule has 0 spiro atoms. The van der Waals surface area contributed by atoms with Gasteiger partial charge in [-0.15, -0.1) is 12.4 Å². The van der Waals surface area contributed by atoms with E-state index in [1.165, 1.54) is 0 Å². The lowest BCUT2D eigenvalue weighted by atomic mass is 9.95. The summed E-state index contributed by atoms with van der Waals surface area (Å²) < 4.78 is 0. The number of amides is 1. The van der Waals surface area contributed by atoms with E-state index in [0.29, 0.717) is 18.5 Å². The molecule has 5 heteroatoms. The molecule has 2 atom stereocenters. The first-order valence-corrected chi connectivity index (χ1v) is 9.67. The summed E-state index contributed by atoms with van der Waals surface area (Å²) >= 11 is 0. The number of carbonyl (C=O) groups is 1. The van der Waals surface area contributed by atoms with Crippen molar-refractivity contribution in [2.45, 2.75) is 71.4 Å². The molecule has 142 valence electrons. The largest absolute Gasteiger partial charge is 0.334 e. The average molecular weight is 368 g/mol. The second-order valence-corrected chi connectivity index (χ2v) is 6.87. The van der Waals surface area contributed by atoms with Gasteiger partial charge in [0, 0.05) is 18.2 Å². The van der Waals surface area contributed by atoms with Gasteiger partial charge in [0.15, 0.2) is 0 Å². The van der Waals surface area contributed by atoms with E-state index in [4.69, 9.17) is 0 Å². The summed E-state index contributed by atoms with van der Waals surface area (Å²) in [5.41, 5.74) is 0.994. The highest BCUT2D eigenvalue weighted by Gasteiger charge is 2.29. The number of aromatic nitrogens is 1. The summed E-state index contributed by atoms with van der Waals surface area (Å²) in [6.07, 6.45) is 9.32. The average Bonchev–Trinajstić information content (AvgIpc) is 2.90. The standard InChI is InChI=1S/C20H33N3O.ClH/c1-3-5-9-17(4-2)20(24)23(16-18-10-6-7-14-22-18)19-11-8-13-21-15-12-19;/h6-7,10,14,17,19,21H,3-5,8-9,11-13,15-16H2,1-2H3;1H. The highest BCUT2D eigenvalue weighted by molar-refractivity contribution is 5.85. The van der Waals surface area contributed by atoms with E-state index in [0.717, 1.165) is 63.7 Å². The second-order valence-electron chi connectivity index (χ2n) is 6.87. The smallest absolute Gasteiger partial charge is 0.226 e. The van der Waals surface area contributed by atoms with Crippen molar-refractivity contribution in [2.75, 3.05) is 13.1 Å². The zero-order valence-corrected chi connectivity index (χ0v) is 16.6. The molecule has 0 saturated carbocycles. The van der Waals surface area contributed by atoms with Crippen molar-refractivity contribution in [2.24, 2.45) is 5.92 Å². The number of pyridine rings is 1. The Labute approximate surface area is 159 Å². The Hall–Kier alpha value is -1.13. The molecule has 1 aromatic heterocycles. The van der Waals surface area contributed by atoms with Gasteiger partial charge in [-0.05, 0) is 57.3 Å². The first-order valence-electron chi connectivity index (χ1n) is 9.67. The van der Waals surface area contributed by atoms with Gasteiger partial charge in [0.05, 0.1) is 12.2 Å². The van der Waals surface area contributed by atoms with Crippen LogP contribution in [-0.4, -0.2) is 34.9 Å². The molecule has 2 unspecified atom stereocenters. The van der Waals surface area contributed by atoms with E-state index in [1.807, 2.05) is 24.4 Å². The van der Waals surface area contributed by atoms with Crippen LogP contribution in [-0.2, 0) is 11.3 Å². The van der Waals surface area contributed by atoms with Crippen molar-refractivity contribution in [3.8, 4) is 0 Å². The Balaban J connectivity index is 0.00000312. The van der Waals surface area contributed by atoms with Gasteiger partial charge in [0.2, 0.25) is 5.91 Å². The van der Waals surface area contributed by atoms with Crippen LogP contribution < -0.4 is 5.32 Å². The maximum Gasteiger partial charge on any atom is 0.226 e. The minimum Gasteiger partial charge on any atom is -0.334 e. The molecule has 0 radical (unpaired) electrons. The third-order valence-electron chi connectivity index (χ3n) is 5.08. The van der Waals surface area contributed by atoms with Crippen molar-refractivity contribution in [1.29, 1.82) is 0 Å².